The summed E-state index contributed by atoms with van der Waals surface area (Å²) in [5.74, 6) is 0.663. The molecule has 0 saturated carbocycles. The number of fused-ring (bicyclic) bond motifs is 2. The first-order chi connectivity index (χ1) is 15.2. The Bertz CT molecular complexity index is 1390. The zero-order chi connectivity index (χ0) is 23.0. The molecule has 1 aromatic carbocycles. The third-order valence-electron chi connectivity index (χ3n) is 5.82. The Labute approximate surface area is 185 Å². The molecule has 0 amide bonds. The van der Waals surface area contributed by atoms with Gasteiger partial charge in [-0.05, 0) is 37.0 Å². The highest BCUT2D eigenvalue weighted by atomic mass is 32.2. The van der Waals surface area contributed by atoms with E-state index in [2.05, 4.69) is 19.6 Å². The summed E-state index contributed by atoms with van der Waals surface area (Å²) in [4.78, 5) is 34.1. The zero-order valence-corrected chi connectivity index (χ0v) is 19.3. The molecule has 3 heterocycles. The predicted molar refractivity (Wildman–Crippen MR) is 125 cm³/mol. The fraction of sp³-hybridized carbons (Fsp3) is 0.476. The number of rotatable bonds is 7. The van der Waals surface area contributed by atoms with Crippen LogP contribution in [0.4, 0.5) is 11.4 Å². The number of H-pyrrole nitrogens is 1. The molecule has 0 atom stereocenters. The Morgan fingerprint density at radius 2 is 2.03 bits per heavy atom. The smallest absolute Gasteiger partial charge is 0.330 e. The van der Waals surface area contributed by atoms with Crippen molar-refractivity contribution in [3.8, 4) is 0 Å². The van der Waals surface area contributed by atoms with Crippen LogP contribution in [0.1, 0.15) is 37.6 Å². The lowest BCUT2D eigenvalue weighted by Crippen LogP contribution is -2.31. The molecule has 0 fully saturated rings. The van der Waals surface area contributed by atoms with Gasteiger partial charge in [0.2, 0.25) is 10.0 Å². The molecule has 0 bridgehead atoms. The van der Waals surface area contributed by atoms with Crippen LogP contribution in [0, 0.1) is 0 Å². The molecule has 2 N–H and O–H groups in total. The van der Waals surface area contributed by atoms with Gasteiger partial charge in [0, 0.05) is 25.8 Å². The van der Waals surface area contributed by atoms with Gasteiger partial charge in [-0.1, -0.05) is 19.4 Å². The van der Waals surface area contributed by atoms with Gasteiger partial charge in [0.15, 0.2) is 11.2 Å². The quantitative estimate of drug-likeness (QED) is 0.552. The largest absolute Gasteiger partial charge is 0.364 e. The number of sulfonamides is 1. The van der Waals surface area contributed by atoms with Gasteiger partial charge in [0.05, 0.1) is 18.5 Å². The molecule has 0 aliphatic carbocycles. The van der Waals surface area contributed by atoms with Gasteiger partial charge in [-0.3, -0.25) is 19.1 Å². The number of benzene rings is 1. The molecule has 1 aliphatic heterocycles. The van der Waals surface area contributed by atoms with Gasteiger partial charge in [-0.2, -0.15) is 0 Å². The highest BCUT2D eigenvalue weighted by Crippen LogP contribution is 2.34. The summed E-state index contributed by atoms with van der Waals surface area (Å²) in [6.45, 7) is 3.74. The minimum absolute atomic E-state index is 0.375. The molecular weight excluding hydrogens is 432 g/mol. The average molecular weight is 461 g/mol. The maximum atomic E-state index is 12.5. The van der Waals surface area contributed by atoms with E-state index in [1.165, 1.54) is 4.57 Å². The van der Waals surface area contributed by atoms with Gasteiger partial charge in [0.1, 0.15) is 5.82 Å². The van der Waals surface area contributed by atoms with Gasteiger partial charge >= 0.3 is 5.69 Å². The fourth-order valence-electron chi connectivity index (χ4n) is 4.29. The SMILES string of the molecule is CCCCn1c(=O)[nH]c(=O)c2c1nc(CN1CCCc3c(NS(C)(=O)=O)cccc31)n2C. The van der Waals surface area contributed by atoms with Crippen LogP contribution in [0.25, 0.3) is 11.2 Å². The number of anilines is 2. The summed E-state index contributed by atoms with van der Waals surface area (Å²) < 4.78 is 29.4. The Hall–Kier alpha value is -3.08. The highest BCUT2D eigenvalue weighted by molar-refractivity contribution is 7.92. The van der Waals surface area contributed by atoms with Crippen molar-refractivity contribution < 1.29 is 8.42 Å². The third kappa shape index (κ3) is 4.16. The first-order valence-electron chi connectivity index (χ1n) is 10.7. The van der Waals surface area contributed by atoms with Crippen molar-refractivity contribution in [2.24, 2.45) is 7.05 Å². The molecule has 172 valence electrons. The number of nitrogens with zero attached hydrogens (tertiary/aromatic N) is 4. The van der Waals surface area contributed by atoms with E-state index in [1.54, 1.807) is 17.7 Å². The first kappa shape index (κ1) is 22.1. The molecular formula is C21H28N6O4S. The second-order valence-corrected chi connectivity index (χ2v) is 9.97. The van der Waals surface area contributed by atoms with Crippen molar-refractivity contribution in [2.45, 2.75) is 45.7 Å². The number of aromatic amines is 1. The predicted octanol–water partition coefficient (Wildman–Crippen LogP) is 1.55. The molecule has 32 heavy (non-hydrogen) atoms. The van der Waals surface area contributed by atoms with E-state index in [-0.39, 0.29) is 0 Å². The van der Waals surface area contributed by atoms with Gasteiger partial charge in [-0.25, -0.2) is 18.2 Å². The van der Waals surface area contributed by atoms with E-state index < -0.39 is 21.3 Å². The van der Waals surface area contributed by atoms with E-state index in [0.717, 1.165) is 49.7 Å². The number of hydrogen-bond acceptors (Lipinski definition) is 6. The fourth-order valence-corrected chi connectivity index (χ4v) is 4.88. The van der Waals surface area contributed by atoms with Crippen molar-refractivity contribution in [3.63, 3.8) is 0 Å². The maximum Gasteiger partial charge on any atom is 0.330 e. The first-order valence-corrected chi connectivity index (χ1v) is 12.6. The lowest BCUT2D eigenvalue weighted by molar-refractivity contribution is 0.606. The summed E-state index contributed by atoms with van der Waals surface area (Å²) in [6, 6.07) is 5.56. The third-order valence-corrected chi connectivity index (χ3v) is 6.41. The van der Waals surface area contributed by atoms with Crippen LogP contribution in [0.15, 0.2) is 27.8 Å². The number of hydrogen-bond donors (Lipinski definition) is 2. The number of aromatic nitrogens is 4. The van der Waals surface area contributed by atoms with Crippen molar-refractivity contribution in [2.75, 3.05) is 22.4 Å². The van der Waals surface area contributed by atoms with Crippen LogP contribution < -0.4 is 20.9 Å². The summed E-state index contributed by atoms with van der Waals surface area (Å²) >= 11 is 0. The average Bonchev–Trinajstić information content (AvgIpc) is 3.04. The molecule has 10 nitrogen and oxygen atoms in total. The van der Waals surface area contributed by atoms with Crippen LogP contribution in [0.3, 0.4) is 0 Å². The summed E-state index contributed by atoms with van der Waals surface area (Å²) in [5.41, 5.74) is 2.35. The van der Waals surface area contributed by atoms with E-state index in [1.807, 2.05) is 19.1 Å². The van der Waals surface area contributed by atoms with Crippen molar-refractivity contribution >= 4 is 32.6 Å². The Kier molecular flexibility index (Phi) is 5.85. The monoisotopic (exact) mass is 460 g/mol. The summed E-state index contributed by atoms with van der Waals surface area (Å²) in [5, 5.41) is 0. The number of unbranched alkanes of at least 4 members (excludes halogenated alkanes) is 1. The van der Waals surface area contributed by atoms with Crippen LogP contribution in [-0.4, -0.2) is 40.3 Å². The van der Waals surface area contributed by atoms with E-state index in [9.17, 15) is 18.0 Å². The second-order valence-electron chi connectivity index (χ2n) is 8.23. The molecule has 0 unspecified atom stereocenters. The van der Waals surface area contributed by atoms with Gasteiger partial charge in [0.25, 0.3) is 5.56 Å². The number of nitrogens with one attached hydrogen (secondary N) is 2. The number of imidazole rings is 1. The van der Waals surface area contributed by atoms with E-state index >= 15 is 0 Å². The van der Waals surface area contributed by atoms with Gasteiger partial charge in [-0.15, -0.1) is 0 Å². The van der Waals surface area contributed by atoms with E-state index in [4.69, 9.17) is 0 Å². The molecule has 4 rings (SSSR count). The molecule has 0 radical (unpaired) electrons. The summed E-state index contributed by atoms with van der Waals surface area (Å²) in [7, 11) is -1.61. The molecule has 2 aromatic heterocycles. The Balaban J connectivity index is 1.75. The minimum Gasteiger partial charge on any atom is -0.364 e. The maximum absolute atomic E-state index is 12.5. The van der Waals surface area contributed by atoms with Crippen molar-refractivity contribution in [3.05, 3.63) is 50.4 Å². The Morgan fingerprint density at radius 1 is 1.25 bits per heavy atom. The van der Waals surface area contributed by atoms with Crippen molar-refractivity contribution in [1.82, 2.24) is 19.1 Å². The van der Waals surface area contributed by atoms with Crippen molar-refractivity contribution in [1.29, 1.82) is 0 Å². The standard InChI is InChI=1S/C21H28N6O4S/c1-4-5-12-27-19-18(20(28)23-21(27)29)25(2)17(22-19)13-26-11-7-8-14-15(24-32(3,30)31)9-6-10-16(14)26/h6,9-10,24H,4-5,7-8,11-13H2,1-3H3,(H,23,28,29). The Morgan fingerprint density at radius 3 is 2.75 bits per heavy atom. The zero-order valence-electron chi connectivity index (χ0n) is 18.5. The molecule has 1 aliphatic rings. The lowest BCUT2D eigenvalue weighted by atomic mass is 10.00. The van der Waals surface area contributed by atoms with Crippen LogP contribution in [0.2, 0.25) is 0 Å². The minimum atomic E-state index is -3.39. The van der Waals surface area contributed by atoms with E-state index in [0.29, 0.717) is 35.8 Å². The van der Waals surface area contributed by atoms with Crippen LogP contribution in [-0.2, 0) is 36.6 Å². The highest BCUT2D eigenvalue weighted by Gasteiger charge is 2.23. The molecule has 0 saturated heterocycles. The van der Waals surface area contributed by atoms with Crippen LogP contribution in [0.5, 0.6) is 0 Å². The molecule has 11 heteroatoms. The topological polar surface area (TPSA) is 122 Å². The molecule has 0 spiro atoms. The normalized spacial score (nSPS) is 14.0. The van der Waals surface area contributed by atoms with Gasteiger partial charge < -0.3 is 9.47 Å². The second kappa shape index (κ2) is 8.45. The summed E-state index contributed by atoms with van der Waals surface area (Å²) in [6.07, 6.45) is 4.50. The lowest BCUT2D eigenvalue weighted by Gasteiger charge is -2.32. The molecule has 3 aromatic rings. The number of aryl methyl sites for hydroxylation is 2. The van der Waals surface area contributed by atoms with Crippen LogP contribution >= 0.6 is 0 Å².